The highest BCUT2D eigenvalue weighted by Gasteiger charge is 2.30. The van der Waals surface area contributed by atoms with Gasteiger partial charge in [-0.1, -0.05) is 261 Å². The molecule has 6 atom stereocenters. The lowest BCUT2D eigenvalue weighted by molar-refractivity contribution is -0.161. The van der Waals surface area contributed by atoms with Crippen LogP contribution in [0.25, 0.3) is 0 Å². The Morgan fingerprint density at radius 1 is 0.333 bits per heavy atom. The van der Waals surface area contributed by atoms with Gasteiger partial charge in [0.25, 0.3) is 0 Å². The second-order valence-corrected chi connectivity index (χ2v) is 28.1. The molecule has 0 rings (SSSR count). The highest BCUT2D eigenvalue weighted by atomic mass is 31.2. The van der Waals surface area contributed by atoms with E-state index in [4.69, 9.17) is 37.0 Å². The zero-order chi connectivity index (χ0) is 62.5. The number of carbonyl (C=O) groups is 4. The summed E-state index contributed by atoms with van der Waals surface area (Å²) >= 11 is 0. The van der Waals surface area contributed by atoms with Crippen LogP contribution in [-0.2, 0) is 65.4 Å². The van der Waals surface area contributed by atoms with Gasteiger partial charge >= 0.3 is 39.5 Å². The third kappa shape index (κ3) is 57.8. The minimum atomic E-state index is -4.95. The van der Waals surface area contributed by atoms with E-state index in [9.17, 15) is 43.2 Å². The summed E-state index contributed by atoms with van der Waals surface area (Å²) in [5.74, 6) is 0.766. The molecule has 0 aromatic carbocycles. The second kappa shape index (κ2) is 55.2. The second-order valence-electron chi connectivity index (χ2n) is 25.2. The van der Waals surface area contributed by atoms with Crippen molar-refractivity contribution < 1.29 is 80.2 Å². The van der Waals surface area contributed by atoms with Crippen molar-refractivity contribution in [1.29, 1.82) is 0 Å². The molecule has 0 amide bonds. The van der Waals surface area contributed by atoms with E-state index in [2.05, 4.69) is 55.4 Å². The van der Waals surface area contributed by atoms with Crippen molar-refractivity contribution in [3.8, 4) is 0 Å². The summed E-state index contributed by atoms with van der Waals surface area (Å²) in [6, 6.07) is 0. The number of unbranched alkanes of at least 4 members (excludes halogenated alkanes) is 27. The molecule has 0 aliphatic rings. The lowest BCUT2D eigenvalue weighted by Crippen LogP contribution is -2.30. The number of aliphatic hydroxyl groups is 1. The highest BCUT2D eigenvalue weighted by molar-refractivity contribution is 7.47. The van der Waals surface area contributed by atoms with E-state index in [1.807, 2.05) is 0 Å². The van der Waals surface area contributed by atoms with Gasteiger partial charge in [0.2, 0.25) is 0 Å². The molecule has 0 spiro atoms. The molecular weight excluding hydrogens is 1110 g/mol. The molecule has 0 heterocycles. The van der Waals surface area contributed by atoms with Crippen LogP contribution in [0, 0.1) is 23.7 Å². The van der Waals surface area contributed by atoms with Crippen LogP contribution in [-0.4, -0.2) is 96.7 Å². The zero-order valence-electron chi connectivity index (χ0n) is 54.5. The molecule has 498 valence electrons. The number of esters is 4. The fourth-order valence-electron chi connectivity index (χ4n) is 9.57. The third-order valence-corrected chi connectivity index (χ3v) is 17.1. The Labute approximate surface area is 511 Å². The van der Waals surface area contributed by atoms with E-state index in [0.29, 0.717) is 37.5 Å². The van der Waals surface area contributed by atoms with Gasteiger partial charge in [0.05, 0.1) is 26.4 Å². The minimum Gasteiger partial charge on any atom is -0.462 e. The Kier molecular flexibility index (Phi) is 53.9. The normalized spacial score (nSPS) is 14.7. The quantitative estimate of drug-likeness (QED) is 0.0222. The fourth-order valence-corrected chi connectivity index (χ4v) is 11.2. The van der Waals surface area contributed by atoms with Gasteiger partial charge in [-0.25, -0.2) is 9.13 Å². The first-order valence-electron chi connectivity index (χ1n) is 33.7. The van der Waals surface area contributed by atoms with Crippen LogP contribution >= 0.6 is 15.6 Å². The third-order valence-electron chi connectivity index (χ3n) is 15.2. The largest absolute Gasteiger partial charge is 0.472 e. The van der Waals surface area contributed by atoms with Crippen LogP contribution < -0.4 is 0 Å². The van der Waals surface area contributed by atoms with Gasteiger partial charge in [-0.05, 0) is 49.4 Å². The summed E-state index contributed by atoms with van der Waals surface area (Å²) in [5.41, 5.74) is 0. The lowest BCUT2D eigenvalue weighted by atomic mass is 9.99. The molecule has 0 saturated heterocycles. The predicted molar refractivity (Wildman–Crippen MR) is 335 cm³/mol. The lowest BCUT2D eigenvalue weighted by Gasteiger charge is -2.21. The van der Waals surface area contributed by atoms with E-state index in [-0.39, 0.29) is 25.7 Å². The molecule has 3 N–H and O–H groups in total. The average molecular weight is 1240 g/mol. The molecule has 17 nitrogen and oxygen atoms in total. The molecule has 0 bridgehead atoms. The summed E-state index contributed by atoms with van der Waals surface area (Å²) < 4.78 is 68.0. The Morgan fingerprint density at radius 3 is 0.845 bits per heavy atom. The number of carbonyl (C=O) groups excluding carboxylic acids is 4. The van der Waals surface area contributed by atoms with E-state index in [1.54, 1.807) is 0 Å². The van der Waals surface area contributed by atoms with Crippen molar-refractivity contribution in [2.24, 2.45) is 23.7 Å². The van der Waals surface area contributed by atoms with Crippen LogP contribution in [0.2, 0.25) is 0 Å². The van der Waals surface area contributed by atoms with Crippen molar-refractivity contribution in [3.63, 3.8) is 0 Å². The SMILES string of the molecule is CCC(C)CCCCCCCCCCC(=O)O[C@H](COC(=O)CCCCCCCCCC(C)C)COP(=O)(O)OCC(O)COP(=O)(O)OC[C@@H](COC(=O)CCCCCCCCC(C)C)OC(=O)CCCCCCCCCCCCC(C)C. The smallest absolute Gasteiger partial charge is 0.462 e. The number of rotatable bonds is 62. The maximum atomic E-state index is 13.0. The number of phosphoric acid groups is 2. The van der Waals surface area contributed by atoms with Crippen molar-refractivity contribution >= 4 is 39.5 Å². The molecule has 0 fully saturated rings. The summed E-state index contributed by atoms with van der Waals surface area (Å²) in [6.07, 6.45) is 35.0. The molecule has 0 aliphatic heterocycles. The number of hydrogen-bond donors (Lipinski definition) is 3. The Morgan fingerprint density at radius 2 is 0.571 bits per heavy atom. The van der Waals surface area contributed by atoms with Crippen molar-refractivity contribution in [1.82, 2.24) is 0 Å². The fraction of sp³-hybridized carbons (Fsp3) is 0.938. The summed E-state index contributed by atoms with van der Waals surface area (Å²) in [6.45, 7) is 13.9. The number of hydrogen-bond acceptors (Lipinski definition) is 15. The van der Waals surface area contributed by atoms with Gasteiger partial charge in [-0.15, -0.1) is 0 Å². The summed E-state index contributed by atoms with van der Waals surface area (Å²) in [4.78, 5) is 72.2. The van der Waals surface area contributed by atoms with Crippen molar-refractivity contribution in [2.75, 3.05) is 39.6 Å². The van der Waals surface area contributed by atoms with Crippen molar-refractivity contribution in [2.45, 2.75) is 331 Å². The first-order chi connectivity index (χ1) is 40.1. The number of ether oxygens (including phenoxy) is 4. The van der Waals surface area contributed by atoms with Crippen LogP contribution in [0.3, 0.4) is 0 Å². The molecule has 0 aliphatic carbocycles. The van der Waals surface area contributed by atoms with E-state index in [1.165, 1.54) is 103 Å². The topological polar surface area (TPSA) is 237 Å². The van der Waals surface area contributed by atoms with Crippen molar-refractivity contribution in [3.05, 3.63) is 0 Å². The van der Waals surface area contributed by atoms with Gasteiger partial charge in [-0.2, -0.15) is 0 Å². The molecule has 84 heavy (non-hydrogen) atoms. The summed E-state index contributed by atoms with van der Waals surface area (Å²) in [7, 11) is -9.89. The predicted octanol–water partition coefficient (Wildman–Crippen LogP) is 17.8. The van der Waals surface area contributed by atoms with E-state index < -0.39 is 97.5 Å². The first-order valence-corrected chi connectivity index (χ1v) is 36.7. The maximum absolute atomic E-state index is 13.0. The Bertz CT molecular complexity index is 1680. The van der Waals surface area contributed by atoms with E-state index >= 15 is 0 Å². The number of phosphoric ester groups is 2. The van der Waals surface area contributed by atoms with Gasteiger partial charge in [0.1, 0.15) is 19.3 Å². The summed E-state index contributed by atoms with van der Waals surface area (Å²) in [5, 5.41) is 10.5. The Balaban J connectivity index is 5.26. The van der Waals surface area contributed by atoms with Crippen LogP contribution in [0.4, 0.5) is 0 Å². The number of aliphatic hydroxyl groups excluding tert-OH is 1. The molecule has 0 saturated carbocycles. The molecule has 0 radical (unpaired) electrons. The Hall–Kier alpha value is -1.94. The standard InChI is InChI=1S/C65H126O17P2/c1-9-58(8)44-36-28-19-14-15-21-32-40-48-65(70)82-60(51-75-62(67)45-37-29-22-16-18-26-34-42-56(4)5)53-79-83(71,72)77-49-59(66)50-78-84(73,74)80-54-61(52-76-63(68)46-38-30-24-23-27-35-43-57(6)7)81-64(69)47-39-31-20-13-11-10-12-17-25-33-41-55(2)3/h55-61,66H,9-54H2,1-8H3,(H,71,72)(H,73,74)/t58?,59?,60-,61-/m1/s1. The maximum Gasteiger partial charge on any atom is 0.472 e. The molecule has 4 unspecified atom stereocenters. The van der Waals surface area contributed by atoms with Crippen LogP contribution in [0.5, 0.6) is 0 Å². The van der Waals surface area contributed by atoms with Gasteiger partial charge in [-0.3, -0.25) is 37.3 Å². The van der Waals surface area contributed by atoms with Gasteiger partial charge in [0, 0.05) is 25.7 Å². The zero-order valence-corrected chi connectivity index (χ0v) is 56.3. The van der Waals surface area contributed by atoms with Crippen LogP contribution in [0.1, 0.15) is 312 Å². The molecule has 0 aromatic heterocycles. The monoisotopic (exact) mass is 1240 g/mol. The van der Waals surface area contributed by atoms with E-state index in [0.717, 1.165) is 115 Å². The molecular formula is C65H126O17P2. The average Bonchev–Trinajstić information content (AvgIpc) is 3.46. The van der Waals surface area contributed by atoms with Crippen LogP contribution in [0.15, 0.2) is 0 Å². The first kappa shape index (κ1) is 82.1. The molecule has 0 aromatic rings. The minimum absolute atomic E-state index is 0.103. The molecule has 19 heteroatoms. The van der Waals surface area contributed by atoms with Gasteiger partial charge < -0.3 is 33.8 Å². The van der Waals surface area contributed by atoms with Gasteiger partial charge in [0.15, 0.2) is 12.2 Å². The highest BCUT2D eigenvalue weighted by Crippen LogP contribution is 2.45.